The minimum atomic E-state index is -0.316. The number of rotatable bonds is 1. The second-order valence-corrected chi connectivity index (χ2v) is 4.36. The summed E-state index contributed by atoms with van der Waals surface area (Å²) in [5.74, 6) is -0.667. The van der Waals surface area contributed by atoms with Gasteiger partial charge in [0.05, 0.1) is 5.69 Å². The molecule has 0 fully saturated rings. The molecule has 1 unspecified atom stereocenters. The van der Waals surface area contributed by atoms with Crippen molar-refractivity contribution >= 4 is 27.5 Å². The van der Waals surface area contributed by atoms with E-state index in [9.17, 15) is 9.18 Å². The van der Waals surface area contributed by atoms with E-state index in [0.717, 1.165) is 0 Å². The molecule has 1 aliphatic heterocycles. The highest BCUT2D eigenvalue weighted by Crippen LogP contribution is 2.38. The largest absolute Gasteiger partial charge is 0.330 e. The monoisotopic (exact) mass is 272 g/mol. The molecule has 0 saturated carbocycles. The van der Waals surface area contributed by atoms with E-state index in [1.807, 2.05) is 0 Å². The minimum Gasteiger partial charge on any atom is -0.330 e. The van der Waals surface area contributed by atoms with Gasteiger partial charge in [0.2, 0.25) is 5.91 Å². The summed E-state index contributed by atoms with van der Waals surface area (Å²) in [6.07, 6.45) is 0.247. The van der Waals surface area contributed by atoms with Gasteiger partial charge in [-0.2, -0.15) is 0 Å². The standard InChI is InChI=1S/C10H10BrFN2O/c11-6-1-2-7(12)9-5(4-13)3-8(15)14-10(6)9/h1-2,5H,3-4,13H2,(H,14,15). The number of fused-ring (bicyclic) bond motifs is 1. The Bertz CT molecular complexity index is 422. The van der Waals surface area contributed by atoms with Crippen LogP contribution < -0.4 is 11.1 Å². The van der Waals surface area contributed by atoms with Gasteiger partial charge in [-0.1, -0.05) is 0 Å². The van der Waals surface area contributed by atoms with Crippen molar-refractivity contribution in [3.8, 4) is 0 Å². The predicted octanol–water partition coefficient (Wildman–Crippen LogP) is 1.97. The maximum Gasteiger partial charge on any atom is 0.225 e. The van der Waals surface area contributed by atoms with Crippen LogP contribution in [0.4, 0.5) is 10.1 Å². The van der Waals surface area contributed by atoms with Crippen LogP contribution in [0.5, 0.6) is 0 Å². The zero-order chi connectivity index (χ0) is 11.0. The van der Waals surface area contributed by atoms with E-state index in [-0.39, 0.29) is 30.6 Å². The fourth-order valence-electron chi connectivity index (χ4n) is 1.81. The Morgan fingerprint density at radius 3 is 3.00 bits per heavy atom. The summed E-state index contributed by atoms with van der Waals surface area (Å²) in [7, 11) is 0. The van der Waals surface area contributed by atoms with E-state index in [2.05, 4.69) is 21.2 Å². The number of hydrogen-bond donors (Lipinski definition) is 2. The third kappa shape index (κ3) is 1.77. The number of carbonyl (C=O) groups excluding carboxylic acids is 1. The van der Waals surface area contributed by atoms with Gasteiger partial charge in [-0.25, -0.2) is 4.39 Å². The van der Waals surface area contributed by atoms with Crippen molar-refractivity contribution in [3.05, 3.63) is 28.0 Å². The highest BCUT2D eigenvalue weighted by molar-refractivity contribution is 9.10. The average molecular weight is 273 g/mol. The molecule has 0 aromatic heterocycles. The topological polar surface area (TPSA) is 55.1 Å². The summed E-state index contributed by atoms with van der Waals surface area (Å²) in [4.78, 5) is 11.3. The Balaban J connectivity index is 2.59. The van der Waals surface area contributed by atoms with Crippen LogP contribution >= 0.6 is 15.9 Å². The van der Waals surface area contributed by atoms with E-state index in [4.69, 9.17) is 5.73 Å². The molecular weight excluding hydrogens is 263 g/mol. The molecule has 3 nitrogen and oxygen atoms in total. The first kappa shape index (κ1) is 10.6. The van der Waals surface area contributed by atoms with E-state index >= 15 is 0 Å². The molecule has 1 heterocycles. The van der Waals surface area contributed by atoms with Gasteiger partial charge in [-0.05, 0) is 34.6 Å². The maximum absolute atomic E-state index is 13.6. The molecule has 5 heteroatoms. The Kier molecular flexibility index (Phi) is 2.75. The third-order valence-electron chi connectivity index (χ3n) is 2.53. The predicted molar refractivity (Wildman–Crippen MR) is 59.1 cm³/mol. The van der Waals surface area contributed by atoms with Crippen molar-refractivity contribution in [2.24, 2.45) is 5.73 Å². The molecule has 1 aromatic rings. The lowest BCUT2D eigenvalue weighted by Gasteiger charge is -2.25. The molecule has 0 aliphatic carbocycles. The minimum absolute atomic E-state index is 0.121. The molecule has 0 saturated heterocycles. The second kappa shape index (κ2) is 3.90. The first-order valence-electron chi connectivity index (χ1n) is 4.61. The Morgan fingerprint density at radius 1 is 1.60 bits per heavy atom. The SMILES string of the molecule is NCC1CC(=O)Nc2c(Br)ccc(F)c21. The molecular formula is C10H10BrFN2O. The first-order valence-corrected chi connectivity index (χ1v) is 5.40. The summed E-state index contributed by atoms with van der Waals surface area (Å²) in [5, 5.41) is 2.65. The van der Waals surface area contributed by atoms with Gasteiger partial charge in [-0.3, -0.25) is 4.79 Å². The number of amides is 1. The smallest absolute Gasteiger partial charge is 0.225 e. The first-order chi connectivity index (χ1) is 7.13. The molecule has 2 rings (SSSR count). The number of carbonyl (C=O) groups is 1. The number of anilines is 1. The Morgan fingerprint density at radius 2 is 2.33 bits per heavy atom. The highest BCUT2D eigenvalue weighted by atomic mass is 79.9. The van der Waals surface area contributed by atoms with Gasteiger partial charge >= 0.3 is 0 Å². The van der Waals surface area contributed by atoms with Crippen LogP contribution in [0, 0.1) is 5.82 Å². The van der Waals surface area contributed by atoms with Crippen molar-refractivity contribution in [1.82, 2.24) is 0 Å². The van der Waals surface area contributed by atoms with Crippen LogP contribution in [0.15, 0.2) is 16.6 Å². The molecule has 0 bridgehead atoms. The number of benzene rings is 1. The van der Waals surface area contributed by atoms with Crippen LogP contribution in [0.2, 0.25) is 0 Å². The van der Waals surface area contributed by atoms with Crippen LogP contribution in [0.25, 0.3) is 0 Å². The summed E-state index contributed by atoms with van der Waals surface area (Å²) < 4.78 is 14.3. The Hall–Kier alpha value is -0.940. The molecule has 3 N–H and O–H groups in total. The third-order valence-corrected chi connectivity index (χ3v) is 3.19. The fraction of sp³-hybridized carbons (Fsp3) is 0.300. The number of nitrogens with one attached hydrogen (secondary N) is 1. The molecule has 80 valence electrons. The molecule has 0 spiro atoms. The molecule has 1 amide bonds. The molecule has 0 radical (unpaired) electrons. The van der Waals surface area contributed by atoms with Gasteiger partial charge in [-0.15, -0.1) is 0 Å². The van der Waals surface area contributed by atoms with Gasteiger partial charge < -0.3 is 11.1 Å². The summed E-state index contributed by atoms with van der Waals surface area (Å²) >= 11 is 3.28. The van der Waals surface area contributed by atoms with Crippen LogP contribution in [0.1, 0.15) is 17.9 Å². The van der Waals surface area contributed by atoms with Crippen LogP contribution in [-0.4, -0.2) is 12.5 Å². The summed E-state index contributed by atoms with van der Waals surface area (Å²) in [5.41, 5.74) is 6.56. The van der Waals surface area contributed by atoms with E-state index in [1.54, 1.807) is 6.07 Å². The Labute approximate surface area is 95.0 Å². The second-order valence-electron chi connectivity index (χ2n) is 3.50. The number of halogens is 2. The maximum atomic E-state index is 13.6. The van der Waals surface area contributed by atoms with Crippen molar-refractivity contribution in [1.29, 1.82) is 0 Å². The quantitative estimate of drug-likeness (QED) is 0.822. The number of nitrogens with two attached hydrogens (primary N) is 1. The summed E-state index contributed by atoms with van der Waals surface area (Å²) in [6.45, 7) is 0.272. The summed E-state index contributed by atoms with van der Waals surface area (Å²) in [6, 6.07) is 2.95. The zero-order valence-corrected chi connectivity index (χ0v) is 9.47. The zero-order valence-electron chi connectivity index (χ0n) is 7.89. The molecule has 15 heavy (non-hydrogen) atoms. The fourth-order valence-corrected chi connectivity index (χ4v) is 2.26. The lowest BCUT2D eigenvalue weighted by atomic mass is 9.90. The van der Waals surface area contributed by atoms with Gasteiger partial charge in [0.25, 0.3) is 0 Å². The van der Waals surface area contributed by atoms with Gasteiger partial charge in [0, 0.05) is 22.4 Å². The number of hydrogen-bond acceptors (Lipinski definition) is 2. The molecule has 1 atom stereocenters. The normalized spacial score (nSPS) is 19.7. The van der Waals surface area contributed by atoms with Crippen LogP contribution in [-0.2, 0) is 4.79 Å². The lowest BCUT2D eigenvalue weighted by molar-refractivity contribution is -0.116. The van der Waals surface area contributed by atoms with Crippen molar-refractivity contribution < 1.29 is 9.18 Å². The van der Waals surface area contributed by atoms with Crippen LogP contribution in [0.3, 0.4) is 0 Å². The van der Waals surface area contributed by atoms with E-state index in [0.29, 0.717) is 15.7 Å². The van der Waals surface area contributed by atoms with E-state index in [1.165, 1.54) is 6.07 Å². The molecule has 1 aromatic carbocycles. The average Bonchev–Trinajstić information content (AvgIpc) is 2.22. The van der Waals surface area contributed by atoms with Gasteiger partial charge in [0.1, 0.15) is 5.82 Å². The van der Waals surface area contributed by atoms with Crippen molar-refractivity contribution in [2.75, 3.05) is 11.9 Å². The van der Waals surface area contributed by atoms with E-state index < -0.39 is 0 Å². The van der Waals surface area contributed by atoms with Crippen molar-refractivity contribution in [3.63, 3.8) is 0 Å². The van der Waals surface area contributed by atoms with Gasteiger partial charge in [0.15, 0.2) is 0 Å². The lowest BCUT2D eigenvalue weighted by Crippen LogP contribution is -2.28. The highest BCUT2D eigenvalue weighted by Gasteiger charge is 2.28. The molecule has 1 aliphatic rings. The van der Waals surface area contributed by atoms with Crippen molar-refractivity contribution in [2.45, 2.75) is 12.3 Å².